The summed E-state index contributed by atoms with van der Waals surface area (Å²) in [5.74, 6) is 1.49. The van der Waals surface area contributed by atoms with Crippen LogP contribution in [0.3, 0.4) is 0 Å². The lowest BCUT2D eigenvalue weighted by Gasteiger charge is -2.26. The molecule has 1 atom stereocenters. The third-order valence-electron chi connectivity index (χ3n) is 5.01. The lowest BCUT2D eigenvalue weighted by Crippen LogP contribution is -2.35. The molecule has 2 aromatic carbocycles. The number of ether oxygens (including phenoxy) is 2. The van der Waals surface area contributed by atoms with Crippen LogP contribution in [0.4, 0.5) is 5.69 Å². The van der Waals surface area contributed by atoms with Gasteiger partial charge in [-0.1, -0.05) is 24.3 Å². The van der Waals surface area contributed by atoms with Gasteiger partial charge in [0, 0.05) is 11.0 Å². The van der Waals surface area contributed by atoms with Gasteiger partial charge in [0.2, 0.25) is 5.91 Å². The Morgan fingerprint density at radius 3 is 2.78 bits per heavy atom. The van der Waals surface area contributed by atoms with Crippen LogP contribution in [0.5, 0.6) is 11.5 Å². The minimum Gasteiger partial charge on any atom is -0.486 e. The number of aryl methyl sites for hydroxylation is 1. The van der Waals surface area contributed by atoms with Crippen molar-refractivity contribution in [2.45, 2.75) is 30.2 Å². The minimum atomic E-state index is -0.00125. The van der Waals surface area contributed by atoms with Gasteiger partial charge in [0.05, 0.1) is 18.3 Å². The molecule has 2 aliphatic rings. The van der Waals surface area contributed by atoms with Gasteiger partial charge in [-0.25, -0.2) is 0 Å². The van der Waals surface area contributed by atoms with E-state index in [-0.39, 0.29) is 18.5 Å². The quantitative estimate of drug-likeness (QED) is 0.768. The molecule has 1 aliphatic carbocycles. The maximum absolute atomic E-state index is 12.5. The predicted molar refractivity (Wildman–Crippen MR) is 108 cm³/mol. The highest BCUT2D eigenvalue weighted by Gasteiger charge is 2.21. The van der Waals surface area contributed by atoms with Crippen LogP contribution in [0.1, 0.15) is 30.0 Å². The average molecular weight is 385 g/mol. The molecule has 0 saturated heterocycles. The van der Waals surface area contributed by atoms with Gasteiger partial charge in [-0.2, -0.15) is 0 Å². The standard InChI is InChI=1S/C21H24N2O3S/c1-27-20-12-19-18(25-9-10-26-19)11-17(20)22-13-21(24)23-16-8-4-6-14-5-2-3-7-15(14)16/h2-3,5,7,11-12,16,22H,4,6,8-10,13H2,1H3,(H,23,24)/t16-/m1/s1. The summed E-state index contributed by atoms with van der Waals surface area (Å²) in [5, 5.41) is 6.44. The molecule has 0 spiro atoms. The van der Waals surface area contributed by atoms with Crippen molar-refractivity contribution in [3.8, 4) is 11.5 Å². The number of carbonyl (C=O) groups is 1. The number of thioether (sulfide) groups is 1. The van der Waals surface area contributed by atoms with Crippen molar-refractivity contribution in [2.75, 3.05) is 31.3 Å². The Bertz CT molecular complexity index is 840. The number of hydrogen-bond acceptors (Lipinski definition) is 5. The summed E-state index contributed by atoms with van der Waals surface area (Å²) >= 11 is 1.62. The Balaban J connectivity index is 1.41. The summed E-state index contributed by atoms with van der Waals surface area (Å²) < 4.78 is 11.3. The van der Waals surface area contributed by atoms with E-state index < -0.39 is 0 Å². The molecule has 0 fully saturated rings. The van der Waals surface area contributed by atoms with Crippen molar-refractivity contribution >= 4 is 23.4 Å². The molecule has 2 N–H and O–H groups in total. The van der Waals surface area contributed by atoms with E-state index in [0.29, 0.717) is 13.2 Å². The van der Waals surface area contributed by atoms with Crippen LogP contribution in [0, 0.1) is 0 Å². The zero-order valence-corrected chi connectivity index (χ0v) is 16.2. The number of benzene rings is 2. The van der Waals surface area contributed by atoms with Crippen LogP contribution in [-0.2, 0) is 11.2 Å². The van der Waals surface area contributed by atoms with Crippen molar-refractivity contribution in [3.63, 3.8) is 0 Å². The fourth-order valence-corrected chi connectivity index (χ4v) is 4.28. The Hall–Kier alpha value is -2.34. The summed E-state index contributed by atoms with van der Waals surface area (Å²) in [6.07, 6.45) is 5.20. The molecule has 0 bridgehead atoms. The summed E-state index contributed by atoms with van der Waals surface area (Å²) in [6.45, 7) is 1.34. The minimum absolute atomic E-state index is 0.00125. The molecule has 0 radical (unpaired) electrons. The normalized spacial score (nSPS) is 17.7. The van der Waals surface area contributed by atoms with E-state index in [1.165, 1.54) is 11.1 Å². The maximum Gasteiger partial charge on any atom is 0.239 e. The number of carbonyl (C=O) groups excluding carboxylic acids is 1. The van der Waals surface area contributed by atoms with E-state index in [2.05, 4.69) is 28.8 Å². The number of amides is 1. The summed E-state index contributed by atoms with van der Waals surface area (Å²) in [4.78, 5) is 13.6. The molecule has 142 valence electrons. The number of fused-ring (bicyclic) bond motifs is 2. The van der Waals surface area contributed by atoms with Crippen LogP contribution < -0.4 is 20.1 Å². The SMILES string of the molecule is CSc1cc2c(cc1NCC(=O)N[C@@H]1CCCc3ccccc31)OCCO2. The Labute approximate surface area is 163 Å². The Morgan fingerprint density at radius 2 is 1.96 bits per heavy atom. The number of rotatable bonds is 5. The van der Waals surface area contributed by atoms with Crippen LogP contribution >= 0.6 is 11.8 Å². The second kappa shape index (κ2) is 8.13. The molecule has 2 aromatic rings. The predicted octanol–water partition coefficient (Wildman–Crippen LogP) is 3.79. The molecule has 1 aliphatic heterocycles. The van der Waals surface area contributed by atoms with E-state index in [0.717, 1.165) is 41.3 Å². The smallest absolute Gasteiger partial charge is 0.239 e. The second-order valence-electron chi connectivity index (χ2n) is 6.76. The third-order valence-corrected chi connectivity index (χ3v) is 5.79. The van der Waals surface area contributed by atoms with Gasteiger partial charge in [0.1, 0.15) is 13.2 Å². The van der Waals surface area contributed by atoms with E-state index in [1.807, 2.05) is 24.5 Å². The van der Waals surface area contributed by atoms with E-state index in [4.69, 9.17) is 9.47 Å². The van der Waals surface area contributed by atoms with Gasteiger partial charge < -0.3 is 20.1 Å². The highest BCUT2D eigenvalue weighted by atomic mass is 32.2. The summed E-state index contributed by atoms with van der Waals surface area (Å²) in [6, 6.07) is 12.4. The first-order valence-corrected chi connectivity index (χ1v) is 10.6. The largest absolute Gasteiger partial charge is 0.486 e. The van der Waals surface area contributed by atoms with Crippen LogP contribution in [0.2, 0.25) is 0 Å². The second-order valence-corrected chi connectivity index (χ2v) is 7.61. The Kier molecular flexibility index (Phi) is 5.43. The van der Waals surface area contributed by atoms with Crippen molar-refractivity contribution in [1.29, 1.82) is 0 Å². The van der Waals surface area contributed by atoms with E-state index >= 15 is 0 Å². The van der Waals surface area contributed by atoms with E-state index in [1.54, 1.807) is 11.8 Å². The highest BCUT2D eigenvalue weighted by molar-refractivity contribution is 7.98. The zero-order chi connectivity index (χ0) is 18.6. The molecule has 1 heterocycles. The first kappa shape index (κ1) is 18.0. The molecule has 4 rings (SSSR count). The summed E-state index contributed by atoms with van der Waals surface area (Å²) in [5.41, 5.74) is 3.49. The molecule has 27 heavy (non-hydrogen) atoms. The number of hydrogen-bond donors (Lipinski definition) is 2. The van der Waals surface area contributed by atoms with Crippen LogP contribution in [0.25, 0.3) is 0 Å². The van der Waals surface area contributed by atoms with Crippen molar-refractivity contribution in [1.82, 2.24) is 5.32 Å². The first-order chi connectivity index (χ1) is 13.2. The van der Waals surface area contributed by atoms with Crippen molar-refractivity contribution in [2.24, 2.45) is 0 Å². The lowest BCUT2D eigenvalue weighted by molar-refractivity contribution is -0.120. The molecule has 1 amide bonds. The van der Waals surface area contributed by atoms with Gasteiger partial charge in [-0.15, -0.1) is 11.8 Å². The molecule has 0 aromatic heterocycles. The van der Waals surface area contributed by atoms with Crippen molar-refractivity contribution < 1.29 is 14.3 Å². The van der Waals surface area contributed by atoms with Gasteiger partial charge in [0.15, 0.2) is 11.5 Å². The van der Waals surface area contributed by atoms with Crippen LogP contribution in [-0.4, -0.2) is 31.9 Å². The lowest BCUT2D eigenvalue weighted by atomic mass is 9.88. The van der Waals surface area contributed by atoms with Gasteiger partial charge in [-0.05, 0) is 42.7 Å². The maximum atomic E-state index is 12.5. The number of nitrogens with one attached hydrogen (secondary N) is 2. The zero-order valence-electron chi connectivity index (χ0n) is 15.4. The molecule has 0 unspecified atom stereocenters. The molecule has 6 heteroatoms. The third kappa shape index (κ3) is 4.00. The Morgan fingerprint density at radius 1 is 1.19 bits per heavy atom. The van der Waals surface area contributed by atoms with Gasteiger partial charge in [-0.3, -0.25) is 4.79 Å². The first-order valence-electron chi connectivity index (χ1n) is 9.33. The van der Waals surface area contributed by atoms with Gasteiger partial charge in [0.25, 0.3) is 0 Å². The molecule has 0 saturated carbocycles. The topological polar surface area (TPSA) is 59.6 Å². The fourth-order valence-electron chi connectivity index (χ4n) is 3.70. The fraction of sp³-hybridized carbons (Fsp3) is 0.381. The molecular formula is C21H24N2O3S. The summed E-state index contributed by atoms with van der Waals surface area (Å²) in [7, 11) is 0. The van der Waals surface area contributed by atoms with Gasteiger partial charge >= 0.3 is 0 Å². The number of anilines is 1. The van der Waals surface area contributed by atoms with Crippen molar-refractivity contribution in [3.05, 3.63) is 47.5 Å². The highest BCUT2D eigenvalue weighted by Crippen LogP contribution is 2.39. The average Bonchev–Trinajstić information content (AvgIpc) is 2.72. The van der Waals surface area contributed by atoms with Crippen LogP contribution in [0.15, 0.2) is 41.3 Å². The monoisotopic (exact) mass is 384 g/mol. The van der Waals surface area contributed by atoms with E-state index in [9.17, 15) is 4.79 Å². The molecular weight excluding hydrogens is 360 g/mol. The molecule has 5 nitrogen and oxygen atoms in total.